The van der Waals surface area contributed by atoms with Gasteiger partial charge in [-0.3, -0.25) is 4.79 Å². The van der Waals surface area contributed by atoms with Gasteiger partial charge in [-0.1, -0.05) is 0 Å². The molecule has 0 aliphatic carbocycles. The van der Waals surface area contributed by atoms with Crippen molar-refractivity contribution in [2.75, 3.05) is 12.4 Å². The predicted octanol–water partition coefficient (Wildman–Crippen LogP) is 3.95. The SMILES string of the molecule is COc1cc2c(cc1C=CC(=O)Nc1ccc(F)cc1F)OC(C)C2. The first-order valence-corrected chi connectivity index (χ1v) is 7.78. The van der Waals surface area contributed by atoms with Crippen molar-refractivity contribution in [3.05, 3.63) is 59.2 Å². The molecule has 25 heavy (non-hydrogen) atoms. The number of nitrogens with one attached hydrogen (secondary N) is 1. The largest absolute Gasteiger partial charge is 0.496 e. The number of rotatable bonds is 4. The van der Waals surface area contributed by atoms with Crippen molar-refractivity contribution in [2.24, 2.45) is 0 Å². The Kier molecular flexibility index (Phi) is 4.70. The molecule has 1 aliphatic rings. The van der Waals surface area contributed by atoms with Gasteiger partial charge in [0.25, 0.3) is 0 Å². The van der Waals surface area contributed by atoms with Gasteiger partial charge < -0.3 is 14.8 Å². The molecular formula is C19H17F2NO3. The van der Waals surface area contributed by atoms with Gasteiger partial charge in [0.05, 0.1) is 12.8 Å². The number of hydrogen-bond donors (Lipinski definition) is 1. The van der Waals surface area contributed by atoms with E-state index >= 15 is 0 Å². The first kappa shape index (κ1) is 17.0. The summed E-state index contributed by atoms with van der Waals surface area (Å²) >= 11 is 0. The maximum Gasteiger partial charge on any atom is 0.248 e. The highest BCUT2D eigenvalue weighted by Gasteiger charge is 2.21. The Morgan fingerprint density at radius 1 is 1.32 bits per heavy atom. The van der Waals surface area contributed by atoms with Crippen LogP contribution in [-0.4, -0.2) is 19.1 Å². The molecule has 1 atom stereocenters. The van der Waals surface area contributed by atoms with E-state index in [1.54, 1.807) is 19.3 Å². The Labute approximate surface area is 144 Å². The van der Waals surface area contributed by atoms with E-state index in [2.05, 4.69) is 5.32 Å². The zero-order valence-corrected chi connectivity index (χ0v) is 13.8. The summed E-state index contributed by atoms with van der Waals surface area (Å²) in [5, 5.41) is 2.37. The predicted molar refractivity (Wildman–Crippen MR) is 90.8 cm³/mol. The summed E-state index contributed by atoms with van der Waals surface area (Å²) < 4.78 is 37.5. The number of benzene rings is 2. The average molecular weight is 345 g/mol. The number of anilines is 1. The molecule has 2 aromatic rings. The molecule has 3 rings (SSSR count). The molecule has 6 heteroatoms. The molecule has 2 aromatic carbocycles. The Hall–Kier alpha value is -2.89. The van der Waals surface area contributed by atoms with Crippen molar-refractivity contribution in [1.82, 2.24) is 0 Å². The van der Waals surface area contributed by atoms with Crippen LogP contribution in [0.2, 0.25) is 0 Å². The number of methoxy groups -OCH3 is 1. The lowest BCUT2D eigenvalue weighted by molar-refractivity contribution is -0.111. The first-order chi connectivity index (χ1) is 12.0. The maximum atomic E-state index is 13.6. The van der Waals surface area contributed by atoms with E-state index in [0.29, 0.717) is 17.4 Å². The standard InChI is InChI=1S/C19H17F2NO3/c1-11-7-13-9-17(24-2)12(8-18(13)25-11)3-6-19(23)22-16-5-4-14(20)10-15(16)21/h3-6,8-11H,7H2,1-2H3,(H,22,23). The van der Waals surface area contributed by atoms with Crippen molar-refractivity contribution in [3.63, 3.8) is 0 Å². The van der Waals surface area contributed by atoms with Crippen LogP contribution in [-0.2, 0) is 11.2 Å². The van der Waals surface area contributed by atoms with E-state index in [4.69, 9.17) is 9.47 Å². The lowest BCUT2D eigenvalue weighted by Crippen LogP contribution is -2.09. The topological polar surface area (TPSA) is 47.6 Å². The Bertz CT molecular complexity index is 849. The second-order valence-electron chi connectivity index (χ2n) is 5.78. The second-order valence-corrected chi connectivity index (χ2v) is 5.78. The third-order valence-electron chi connectivity index (χ3n) is 3.85. The minimum atomic E-state index is -0.834. The molecule has 1 amide bonds. The van der Waals surface area contributed by atoms with Gasteiger partial charge in [0.2, 0.25) is 5.91 Å². The van der Waals surface area contributed by atoms with Crippen molar-refractivity contribution < 1.29 is 23.0 Å². The van der Waals surface area contributed by atoms with Crippen molar-refractivity contribution >= 4 is 17.7 Å². The van der Waals surface area contributed by atoms with Crippen molar-refractivity contribution in [3.8, 4) is 11.5 Å². The van der Waals surface area contributed by atoms with Crippen LogP contribution >= 0.6 is 0 Å². The van der Waals surface area contributed by atoms with Gasteiger partial charge in [-0.2, -0.15) is 0 Å². The lowest BCUT2D eigenvalue weighted by Gasteiger charge is -2.08. The number of carbonyl (C=O) groups excluding carboxylic acids is 1. The van der Waals surface area contributed by atoms with E-state index in [1.807, 2.05) is 13.0 Å². The molecule has 0 bridgehead atoms. The van der Waals surface area contributed by atoms with Gasteiger partial charge in [0, 0.05) is 29.7 Å². The third kappa shape index (κ3) is 3.79. The highest BCUT2D eigenvalue weighted by molar-refractivity contribution is 6.02. The van der Waals surface area contributed by atoms with Crippen LogP contribution in [0.15, 0.2) is 36.4 Å². The molecule has 0 saturated heterocycles. The molecule has 1 N–H and O–H groups in total. The normalized spacial score (nSPS) is 15.8. The molecule has 0 radical (unpaired) electrons. The zero-order valence-electron chi connectivity index (χ0n) is 13.8. The monoisotopic (exact) mass is 345 g/mol. The summed E-state index contributed by atoms with van der Waals surface area (Å²) in [5.41, 5.74) is 1.64. The summed E-state index contributed by atoms with van der Waals surface area (Å²) in [7, 11) is 1.55. The van der Waals surface area contributed by atoms with Crippen LogP contribution in [0.4, 0.5) is 14.5 Å². The van der Waals surface area contributed by atoms with E-state index < -0.39 is 17.5 Å². The highest BCUT2D eigenvalue weighted by atomic mass is 19.1. The molecule has 130 valence electrons. The smallest absolute Gasteiger partial charge is 0.248 e. The summed E-state index contributed by atoms with van der Waals surface area (Å²) in [6.07, 6.45) is 3.72. The molecule has 4 nitrogen and oxygen atoms in total. The minimum Gasteiger partial charge on any atom is -0.496 e. The quantitative estimate of drug-likeness (QED) is 0.854. The number of halogens is 2. The number of amides is 1. The number of carbonyl (C=O) groups is 1. The molecular weight excluding hydrogens is 328 g/mol. The molecule has 1 aliphatic heterocycles. The van der Waals surface area contributed by atoms with Crippen LogP contribution in [0.5, 0.6) is 11.5 Å². The second kappa shape index (κ2) is 6.93. The molecule has 0 fully saturated rings. The Morgan fingerprint density at radius 3 is 2.84 bits per heavy atom. The van der Waals surface area contributed by atoms with Crippen LogP contribution in [0.3, 0.4) is 0 Å². The summed E-state index contributed by atoms with van der Waals surface area (Å²) in [6.45, 7) is 1.98. The van der Waals surface area contributed by atoms with E-state index in [1.165, 1.54) is 12.1 Å². The molecule has 1 unspecified atom stereocenters. The molecule has 0 aromatic heterocycles. The van der Waals surface area contributed by atoms with Gasteiger partial charge in [-0.15, -0.1) is 0 Å². The summed E-state index contributed by atoms with van der Waals surface area (Å²) in [6, 6.07) is 6.64. The van der Waals surface area contributed by atoms with Gasteiger partial charge in [0.1, 0.15) is 29.2 Å². The molecule has 1 heterocycles. The number of ether oxygens (including phenoxy) is 2. The number of hydrogen-bond acceptors (Lipinski definition) is 3. The fourth-order valence-electron chi connectivity index (χ4n) is 2.69. The fraction of sp³-hybridized carbons (Fsp3) is 0.211. The van der Waals surface area contributed by atoms with Gasteiger partial charge in [-0.05, 0) is 37.3 Å². The highest BCUT2D eigenvalue weighted by Crippen LogP contribution is 2.35. The van der Waals surface area contributed by atoms with Crippen LogP contribution in [0.1, 0.15) is 18.1 Å². The Morgan fingerprint density at radius 2 is 2.12 bits per heavy atom. The van der Waals surface area contributed by atoms with Gasteiger partial charge >= 0.3 is 0 Å². The molecule has 0 saturated carbocycles. The average Bonchev–Trinajstić information content (AvgIpc) is 2.93. The molecule has 0 spiro atoms. The van der Waals surface area contributed by atoms with Crippen molar-refractivity contribution in [2.45, 2.75) is 19.4 Å². The lowest BCUT2D eigenvalue weighted by atomic mass is 10.1. The van der Waals surface area contributed by atoms with Crippen LogP contribution < -0.4 is 14.8 Å². The van der Waals surface area contributed by atoms with Crippen molar-refractivity contribution in [1.29, 1.82) is 0 Å². The van der Waals surface area contributed by atoms with Crippen LogP contribution in [0.25, 0.3) is 6.08 Å². The number of fused-ring (bicyclic) bond motifs is 1. The van der Waals surface area contributed by atoms with E-state index in [9.17, 15) is 13.6 Å². The maximum absolute atomic E-state index is 13.6. The first-order valence-electron chi connectivity index (χ1n) is 7.78. The zero-order chi connectivity index (χ0) is 18.0. The third-order valence-corrected chi connectivity index (χ3v) is 3.85. The van der Waals surface area contributed by atoms with E-state index in [0.717, 1.165) is 23.8 Å². The van der Waals surface area contributed by atoms with Crippen LogP contribution in [0, 0.1) is 11.6 Å². The van der Waals surface area contributed by atoms with Gasteiger partial charge in [0.15, 0.2) is 0 Å². The minimum absolute atomic E-state index is 0.0888. The van der Waals surface area contributed by atoms with Gasteiger partial charge in [-0.25, -0.2) is 8.78 Å². The Balaban J connectivity index is 1.77. The summed E-state index contributed by atoms with van der Waals surface area (Å²) in [4.78, 5) is 12.0. The van der Waals surface area contributed by atoms with E-state index in [-0.39, 0.29) is 11.8 Å². The summed E-state index contributed by atoms with van der Waals surface area (Å²) in [5.74, 6) is -0.698. The fourth-order valence-corrected chi connectivity index (χ4v) is 2.69.